The number of nitrogens with one attached hydrogen (secondary N) is 1. The first kappa shape index (κ1) is 21.0. The molecular formula is C26H29FN2O3. The molecule has 0 bridgehead atoms. The van der Waals surface area contributed by atoms with Crippen LogP contribution in [0.2, 0.25) is 0 Å². The van der Waals surface area contributed by atoms with Crippen molar-refractivity contribution in [2.75, 3.05) is 13.1 Å². The minimum Gasteiger partial charge on any atom is -0.487 e. The number of hydrogen-bond donors (Lipinski definition) is 2. The number of fused-ring (bicyclic) bond motifs is 2. The molecule has 168 valence electrons. The van der Waals surface area contributed by atoms with Gasteiger partial charge in [0.25, 0.3) is 5.91 Å². The van der Waals surface area contributed by atoms with Crippen LogP contribution < -0.4 is 4.74 Å². The molecular weight excluding hydrogens is 407 g/mol. The van der Waals surface area contributed by atoms with Crippen molar-refractivity contribution < 1.29 is 19.0 Å². The SMILES string of the molecule is Cc1ccc(C)c(O[C@@H]2C[C@@H]3CN(C(=O)c4[nH]c5c(F)cccc5c4C)C[C@@H]3C[C@H]2O)c1. The highest BCUT2D eigenvalue weighted by Gasteiger charge is 2.44. The molecule has 0 unspecified atom stereocenters. The molecule has 1 amide bonds. The predicted octanol–water partition coefficient (Wildman–Crippen LogP) is 4.52. The molecule has 1 saturated heterocycles. The van der Waals surface area contributed by atoms with Gasteiger partial charge in [0.05, 0.1) is 11.6 Å². The van der Waals surface area contributed by atoms with Gasteiger partial charge in [-0.05, 0) is 74.3 Å². The quantitative estimate of drug-likeness (QED) is 0.634. The number of aromatic nitrogens is 1. The third-order valence-electron chi connectivity index (χ3n) is 7.25. The molecule has 0 spiro atoms. The standard InChI is InChI=1S/C26H29FN2O3/c1-14-7-8-15(2)22(9-14)32-23-11-18-13-29(12-17(18)10-21(23)30)26(31)24-16(3)19-5-4-6-20(27)25(19)28-24/h4-9,17-18,21,23,28,30H,10-13H2,1-3H3/t17-,18+,21+,23+/m0/s1. The molecule has 6 heteroatoms. The van der Waals surface area contributed by atoms with E-state index in [2.05, 4.69) is 4.98 Å². The molecule has 4 atom stereocenters. The van der Waals surface area contributed by atoms with Gasteiger partial charge >= 0.3 is 0 Å². The lowest BCUT2D eigenvalue weighted by Crippen LogP contribution is -2.42. The van der Waals surface area contributed by atoms with E-state index in [0.717, 1.165) is 27.8 Å². The summed E-state index contributed by atoms with van der Waals surface area (Å²) in [7, 11) is 0. The van der Waals surface area contributed by atoms with Gasteiger partial charge in [-0.25, -0.2) is 4.39 Å². The third-order valence-corrected chi connectivity index (χ3v) is 7.25. The number of amides is 1. The average molecular weight is 437 g/mol. The minimum atomic E-state index is -0.560. The molecule has 2 heterocycles. The number of aromatic amines is 1. The summed E-state index contributed by atoms with van der Waals surface area (Å²) in [6.07, 6.45) is 0.485. The van der Waals surface area contributed by atoms with E-state index >= 15 is 0 Å². The minimum absolute atomic E-state index is 0.103. The number of hydrogen-bond acceptors (Lipinski definition) is 3. The highest BCUT2D eigenvalue weighted by Crippen LogP contribution is 2.39. The van der Waals surface area contributed by atoms with E-state index < -0.39 is 6.10 Å². The summed E-state index contributed by atoms with van der Waals surface area (Å²) in [5.41, 5.74) is 3.77. The molecule has 2 aromatic carbocycles. The smallest absolute Gasteiger partial charge is 0.270 e. The van der Waals surface area contributed by atoms with E-state index in [1.807, 2.05) is 49.9 Å². The maximum atomic E-state index is 14.2. The van der Waals surface area contributed by atoms with Crippen molar-refractivity contribution >= 4 is 16.8 Å². The summed E-state index contributed by atoms with van der Waals surface area (Å²) in [5.74, 6) is 0.880. The van der Waals surface area contributed by atoms with Crippen LogP contribution in [0.15, 0.2) is 36.4 Å². The first-order chi connectivity index (χ1) is 15.3. The van der Waals surface area contributed by atoms with Crippen molar-refractivity contribution in [3.8, 4) is 5.75 Å². The zero-order chi connectivity index (χ0) is 22.6. The number of likely N-dealkylation sites (tertiary alicyclic amines) is 1. The number of benzene rings is 2. The highest BCUT2D eigenvalue weighted by atomic mass is 19.1. The van der Waals surface area contributed by atoms with Crippen molar-refractivity contribution in [2.24, 2.45) is 11.8 Å². The first-order valence-corrected chi connectivity index (χ1v) is 11.3. The Morgan fingerprint density at radius 1 is 1.12 bits per heavy atom. The Balaban J connectivity index is 1.32. The number of carbonyl (C=O) groups is 1. The van der Waals surface area contributed by atoms with Gasteiger partial charge in [0.15, 0.2) is 0 Å². The Morgan fingerprint density at radius 3 is 2.62 bits per heavy atom. The normalized spacial score (nSPS) is 25.2. The lowest BCUT2D eigenvalue weighted by Gasteiger charge is -2.35. The van der Waals surface area contributed by atoms with E-state index in [1.54, 1.807) is 6.07 Å². The Bertz CT molecular complexity index is 1190. The van der Waals surface area contributed by atoms with Crippen LogP contribution in [0.25, 0.3) is 10.9 Å². The second kappa shape index (κ2) is 7.93. The van der Waals surface area contributed by atoms with Gasteiger partial charge in [-0.1, -0.05) is 24.3 Å². The van der Waals surface area contributed by atoms with E-state index in [9.17, 15) is 14.3 Å². The molecule has 3 aromatic rings. The third kappa shape index (κ3) is 3.56. The maximum Gasteiger partial charge on any atom is 0.270 e. The summed E-state index contributed by atoms with van der Waals surface area (Å²) in [4.78, 5) is 18.2. The van der Waals surface area contributed by atoms with Crippen LogP contribution in [-0.4, -0.2) is 46.2 Å². The lowest BCUT2D eigenvalue weighted by molar-refractivity contribution is -0.0234. The second-order valence-corrected chi connectivity index (χ2v) is 9.48. The molecule has 2 fully saturated rings. The van der Waals surface area contributed by atoms with Crippen LogP contribution in [0.3, 0.4) is 0 Å². The number of para-hydroxylation sites is 1. The monoisotopic (exact) mass is 436 g/mol. The molecule has 32 heavy (non-hydrogen) atoms. The molecule has 2 aliphatic rings. The van der Waals surface area contributed by atoms with Crippen molar-refractivity contribution in [3.63, 3.8) is 0 Å². The van der Waals surface area contributed by atoms with Crippen LogP contribution in [-0.2, 0) is 0 Å². The van der Waals surface area contributed by atoms with Gasteiger partial charge in [0.2, 0.25) is 0 Å². The Hall–Kier alpha value is -2.86. The zero-order valence-electron chi connectivity index (χ0n) is 18.7. The molecule has 1 aromatic heterocycles. The van der Waals surface area contributed by atoms with Crippen LogP contribution in [0.5, 0.6) is 5.75 Å². The average Bonchev–Trinajstić information content (AvgIpc) is 3.32. The summed E-state index contributed by atoms with van der Waals surface area (Å²) < 4.78 is 20.4. The number of carbonyl (C=O) groups excluding carboxylic acids is 1. The van der Waals surface area contributed by atoms with Gasteiger partial charge < -0.3 is 19.7 Å². The van der Waals surface area contributed by atoms with Crippen molar-refractivity contribution in [2.45, 2.75) is 45.8 Å². The topological polar surface area (TPSA) is 65.6 Å². The largest absolute Gasteiger partial charge is 0.487 e. The number of aryl methyl sites for hydroxylation is 3. The number of H-pyrrole nitrogens is 1. The van der Waals surface area contributed by atoms with Crippen LogP contribution in [0.4, 0.5) is 4.39 Å². The number of aliphatic hydroxyl groups is 1. The van der Waals surface area contributed by atoms with Crippen LogP contribution in [0.1, 0.15) is 40.0 Å². The summed E-state index contributed by atoms with van der Waals surface area (Å²) in [5, 5.41) is 11.5. The molecule has 0 radical (unpaired) electrons. The number of nitrogens with zero attached hydrogens (tertiary/aromatic N) is 1. The van der Waals surface area contributed by atoms with Crippen molar-refractivity contribution in [3.05, 3.63) is 64.6 Å². The number of aliphatic hydroxyl groups excluding tert-OH is 1. The molecule has 2 N–H and O–H groups in total. The number of rotatable bonds is 3. The van der Waals surface area contributed by atoms with E-state index in [0.29, 0.717) is 37.1 Å². The van der Waals surface area contributed by atoms with E-state index in [1.165, 1.54) is 6.07 Å². The van der Waals surface area contributed by atoms with E-state index in [4.69, 9.17) is 4.74 Å². The summed E-state index contributed by atoms with van der Waals surface area (Å²) in [6.45, 7) is 7.12. The lowest BCUT2D eigenvalue weighted by atomic mass is 9.78. The molecule has 1 aliphatic carbocycles. The Kier molecular flexibility index (Phi) is 5.20. The van der Waals surface area contributed by atoms with Gasteiger partial charge in [0.1, 0.15) is 23.4 Å². The highest BCUT2D eigenvalue weighted by molar-refractivity contribution is 6.01. The molecule has 5 rings (SSSR count). The van der Waals surface area contributed by atoms with Crippen LogP contribution >= 0.6 is 0 Å². The van der Waals surface area contributed by atoms with Crippen molar-refractivity contribution in [1.29, 1.82) is 0 Å². The van der Waals surface area contributed by atoms with Gasteiger partial charge in [0, 0.05) is 18.5 Å². The fourth-order valence-corrected chi connectivity index (χ4v) is 5.37. The Labute approximate surface area is 187 Å². The summed E-state index contributed by atoms with van der Waals surface area (Å²) >= 11 is 0. The molecule has 1 aliphatic heterocycles. The zero-order valence-corrected chi connectivity index (χ0v) is 18.7. The number of ether oxygens (including phenoxy) is 1. The second-order valence-electron chi connectivity index (χ2n) is 9.48. The molecule has 1 saturated carbocycles. The van der Waals surface area contributed by atoms with Gasteiger partial charge in [-0.15, -0.1) is 0 Å². The van der Waals surface area contributed by atoms with Crippen molar-refractivity contribution in [1.82, 2.24) is 9.88 Å². The van der Waals surface area contributed by atoms with E-state index in [-0.39, 0.29) is 29.7 Å². The predicted molar refractivity (Wildman–Crippen MR) is 121 cm³/mol. The Morgan fingerprint density at radius 2 is 1.88 bits per heavy atom. The number of halogens is 1. The van der Waals surface area contributed by atoms with Gasteiger partial charge in [-0.2, -0.15) is 0 Å². The van der Waals surface area contributed by atoms with Gasteiger partial charge in [-0.3, -0.25) is 4.79 Å². The summed E-state index contributed by atoms with van der Waals surface area (Å²) in [6, 6.07) is 11.0. The molecule has 5 nitrogen and oxygen atoms in total. The van der Waals surface area contributed by atoms with Crippen LogP contribution in [0, 0.1) is 38.4 Å². The first-order valence-electron chi connectivity index (χ1n) is 11.3. The maximum absolute atomic E-state index is 14.2. The fourth-order valence-electron chi connectivity index (χ4n) is 5.37. The fraction of sp³-hybridized carbons (Fsp3) is 0.423.